The normalized spacial score (nSPS) is 14.1. The highest BCUT2D eigenvalue weighted by atomic mass is 35.5. The van der Waals surface area contributed by atoms with Gasteiger partial charge in [0.2, 0.25) is 0 Å². The summed E-state index contributed by atoms with van der Waals surface area (Å²) < 4.78 is 13.6. The lowest BCUT2D eigenvalue weighted by atomic mass is 10.1. The lowest BCUT2D eigenvalue weighted by Crippen LogP contribution is -2.24. The van der Waals surface area contributed by atoms with E-state index in [2.05, 4.69) is 5.10 Å². The lowest BCUT2D eigenvalue weighted by Gasteiger charge is -2.06. The standard InChI is InChI=1S/C15H8ClFN2O2/c16-12-6-3-7-13(17)11(12)8-18-19-14(20)9-4-1-2-5-10(9)15(19)21/h1-8H. The van der Waals surface area contributed by atoms with Crippen molar-refractivity contribution in [3.63, 3.8) is 0 Å². The van der Waals surface area contributed by atoms with E-state index >= 15 is 0 Å². The molecule has 1 heterocycles. The average Bonchev–Trinajstić information content (AvgIpc) is 2.72. The second-order valence-electron chi connectivity index (χ2n) is 4.35. The molecule has 0 atom stereocenters. The molecule has 0 N–H and O–H groups in total. The van der Waals surface area contributed by atoms with Gasteiger partial charge in [-0.3, -0.25) is 9.59 Å². The molecule has 2 amide bonds. The Morgan fingerprint density at radius 2 is 1.62 bits per heavy atom. The third-order valence-corrected chi connectivity index (χ3v) is 3.40. The zero-order chi connectivity index (χ0) is 15.0. The summed E-state index contributed by atoms with van der Waals surface area (Å²) in [5.74, 6) is -1.67. The first-order chi connectivity index (χ1) is 10.1. The maximum Gasteiger partial charge on any atom is 0.282 e. The molecule has 1 aliphatic rings. The number of hydrogen-bond acceptors (Lipinski definition) is 3. The second kappa shape index (κ2) is 5.10. The lowest BCUT2D eigenvalue weighted by molar-refractivity contribution is 0.0660. The molecule has 2 aromatic rings. The third kappa shape index (κ3) is 2.21. The number of rotatable bonds is 2. The quantitative estimate of drug-likeness (QED) is 0.632. The van der Waals surface area contributed by atoms with Crippen molar-refractivity contribution >= 4 is 29.6 Å². The molecule has 0 saturated carbocycles. The van der Waals surface area contributed by atoms with E-state index in [1.165, 1.54) is 18.2 Å². The van der Waals surface area contributed by atoms with Crippen LogP contribution in [0.5, 0.6) is 0 Å². The van der Waals surface area contributed by atoms with E-state index in [-0.39, 0.29) is 21.7 Å². The second-order valence-corrected chi connectivity index (χ2v) is 4.75. The molecule has 0 bridgehead atoms. The summed E-state index contributed by atoms with van der Waals surface area (Å²) in [6.07, 6.45) is 1.07. The number of amides is 2. The highest BCUT2D eigenvalue weighted by Gasteiger charge is 2.35. The number of carbonyl (C=O) groups excluding carboxylic acids is 2. The molecule has 0 radical (unpaired) electrons. The van der Waals surface area contributed by atoms with Gasteiger partial charge < -0.3 is 0 Å². The van der Waals surface area contributed by atoms with Crippen LogP contribution in [0, 0.1) is 5.82 Å². The zero-order valence-corrected chi connectivity index (χ0v) is 11.3. The molecule has 1 aliphatic heterocycles. The topological polar surface area (TPSA) is 49.7 Å². The molecule has 0 aromatic heterocycles. The van der Waals surface area contributed by atoms with Gasteiger partial charge in [0.1, 0.15) is 5.82 Å². The Morgan fingerprint density at radius 1 is 1.00 bits per heavy atom. The Bertz CT molecular complexity index is 734. The number of fused-ring (bicyclic) bond motifs is 1. The van der Waals surface area contributed by atoms with Crippen LogP contribution in [0.4, 0.5) is 4.39 Å². The Hall–Kier alpha value is -2.53. The van der Waals surface area contributed by atoms with Gasteiger partial charge in [-0.05, 0) is 24.3 Å². The van der Waals surface area contributed by atoms with Crippen LogP contribution >= 0.6 is 11.6 Å². The van der Waals surface area contributed by atoms with Gasteiger partial charge in [-0.2, -0.15) is 10.1 Å². The molecule has 0 unspecified atom stereocenters. The van der Waals surface area contributed by atoms with Crippen LogP contribution in [0.2, 0.25) is 5.02 Å². The summed E-state index contributed by atoms with van der Waals surface area (Å²) in [6.45, 7) is 0. The van der Waals surface area contributed by atoms with Crippen molar-refractivity contribution in [1.29, 1.82) is 0 Å². The summed E-state index contributed by atoms with van der Waals surface area (Å²) in [7, 11) is 0. The summed E-state index contributed by atoms with van der Waals surface area (Å²) in [6, 6.07) is 10.6. The maximum absolute atomic E-state index is 13.6. The van der Waals surface area contributed by atoms with E-state index in [0.717, 1.165) is 6.21 Å². The van der Waals surface area contributed by atoms with Crippen molar-refractivity contribution in [3.05, 3.63) is 70.0 Å². The van der Waals surface area contributed by atoms with Crippen LogP contribution in [0.1, 0.15) is 26.3 Å². The number of hydrazone groups is 1. The number of halogens is 2. The first-order valence-electron chi connectivity index (χ1n) is 6.05. The van der Waals surface area contributed by atoms with Gasteiger partial charge >= 0.3 is 0 Å². The van der Waals surface area contributed by atoms with Gasteiger partial charge in [-0.15, -0.1) is 0 Å². The fourth-order valence-corrected chi connectivity index (χ4v) is 2.24. The molecular weight excluding hydrogens is 295 g/mol. The smallest absolute Gasteiger partial charge is 0.267 e. The fraction of sp³-hybridized carbons (Fsp3) is 0. The Kier molecular flexibility index (Phi) is 3.27. The fourth-order valence-electron chi connectivity index (χ4n) is 2.03. The molecule has 0 saturated heterocycles. The van der Waals surface area contributed by atoms with Crippen LogP contribution < -0.4 is 0 Å². The monoisotopic (exact) mass is 302 g/mol. The minimum absolute atomic E-state index is 0.0238. The first-order valence-corrected chi connectivity index (χ1v) is 6.43. The third-order valence-electron chi connectivity index (χ3n) is 3.07. The van der Waals surface area contributed by atoms with Gasteiger partial charge in [0.25, 0.3) is 11.8 Å². The van der Waals surface area contributed by atoms with Crippen molar-refractivity contribution < 1.29 is 14.0 Å². The molecule has 104 valence electrons. The molecule has 0 aliphatic carbocycles. The molecule has 2 aromatic carbocycles. The summed E-state index contributed by atoms with van der Waals surface area (Å²) in [5, 5.41) is 4.63. The Morgan fingerprint density at radius 3 is 2.19 bits per heavy atom. The molecular formula is C15H8ClFN2O2. The van der Waals surface area contributed by atoms with Crippen molar-refractivity contribution in [2.45, 2.75) is 0 Å². The maximum atomic E-state index is 13.6. The van der Waals surface area contributed by atoms with E-state index in [1.807, 2.05) is 0 Å². The Labute approximate surface area is 124 Å². The van der Waals surface area contributed by atoms with Crippen LogP contribution in [-0.2, 0) is 0 Å². The minimum atomic E-state index is -0.581. The van der Waals surface area contributed by atoms with Crippen molar-refractivity contribution in [3.8, 4) is 0 Å². The number of imide groups is 1. The summed E-state index contributed by atoms with van der Waals surface area (Å²) >= 11 is 5.86. The zero-order valence-electron chi connectivity index (χ0n) is 10.6. The largest absolute Gasteiger partial charge is 0.282 e. The predicted molar refractivity (Wildman–Crippen MR) is 75.9 cm³/mol. The number of benzene rings is 2. The molecule has 21 heavy (non-hydrogen) atoms. The van der Waals surface area contributed by atoms with Gasteiger partial charge in [0, 0.05) is 5.56 Å². The van der Waals surface area contributed by atoms with Crippen LogP contribution in [-0.4, -0.2) is 23.0 Å². The van der Waals surface area contributed by atoms with E-state index in [9.17, 15) is 14.0 Å². The highest BCUT2D eigenvalue weighted by molar-refractivity contribution is 6.33. The van der Waals surface area contributed by atoms with Gasteiger partial charge in [0.05, 0.1) is 22.4 Å². The van der Waals surface area contributed by atoms with Crippen molar-refractivity contribution in [2.75, 3.05) is 0 Å². The molecule has 0 spiro atoms. The van der Waals surface area contributed by atoms with Gasteiger partial charge in [-0.25, -0.2) is 4.39 Å². The summed E-state index contributed by atoms with van der Waals surface area (Å²) in [5.41, 5.74) is 0.578. The van der Waals surface area contributed by atoms with E-state index in [4.69, 9.17) is 11.6 Å². The van der Waals surface area contributed by atoms with Crippen LogP contribution in [0.15, 0.2) is 47.6 Å². The van der Waals surface area contributed by atoms with Crippen LogP contribution in [0.25, 0.3) is 0 Å². The minimum Gasteiger partial charge on any atom is -0.267 e. The molecule has 6 heteroatoms. The molecule has 3 rings (SSSR count). The molecule has 4 nitrogen and oxygen atoms in total. The molecule has 0 fully saturated rings. The average molecular weight is 303 g/mol. The van der Waals surface area contributed by atoms with Crippen molar-refractivity contribution in [1.82, 2.24) is 5.01 Å². The SMILES string of the molecule is O=C1c2ccccc2C(=O)N1N=Cc1c(F)cccc1Cl. The van der Waals surface area contributed by atoms with Crippen LogP contribution in [0.3, 0.4) is 0 Å². The number of nitrogens with zero attached hydrogens (tertiary/aromatic N) is 2. The van der Waals surface area contributed by atoms with Gasteiger partial charge in [-0.1, -0.05) is 29.8 Å². The van der Waals surface area contributed by atoms with Gasteiger partial charge in [0.15, 0.2) is 0 Å². The predicted octanol–water partition coefficient (Wildman–Crippen LogP) is 3.11. The van der Waals surface area contributed by atoms with Crippen molar-refractivity contribution in [2.24, 2.45) is 5.10 Å². The van der Waals surface area contributed by atoms with E-state index in [0.29, 0.717) is 5.01 Å². The number of carbonyl (C=O) groups is 2. The van der Waals surface area contributed by atoms with E-state index in [1.54, 1.807) is 24.3 Å². The number of hydrogen-bond donors (Lipinski definition) is 0. The Balaban J connectivity index is 1.96. The first kappa shape index (κ1) is 13.5. The highest BCUT2D eigenvalue weighted by Crippen LogP contribution is 2.23. The summed E-state index contributed by atoms with van der Waals surface area (Å²) in [4.78, 5) is 24.1. The van der Waals surface area contributed by atoms with E-state index < -0.39 is 17.6 Å².